The van der Waals surface area contributed by atoms with Gasteiger partial charge >= 0.3 is 0 Å². The Morgan fingerprint density at radius 1 is 1.20 bits per heavy atom. The van der Waals surface area contributed by atoms with Crippen molar-refractivity contribution in [3.63, 3.8) is 0 Å². The zero-order valence-electron chi connectivity index (χ0n) is 12.5. The maximum atomic E-state index is 6.39. The average Bonchev–Trinajstić information content (AvgIpc) is 2.74. The smallest absolute Gasteiger partial charge is 0.131 e. The Hall–Kier alpha value is -1.48. The molecule has 0 unspecified atom stereocenters. The van der Waals surface area contributed by atoms with Gasteiger partial charge in [0.25, 0.3) is 0 Å². The number of hydrogen-bond donors (Lipinski definition) is 0. The number of aromatic nitrogens is 2. The molecular formula is C16H21ClN2O. The molecule has 0 fully saturated rings. The molecule has 20 heavy (non-hydrogen) atoms. The maximum absolute atomic E-state index is 6.39. The molecule has 0 N–H and O–H groups in total. The van der Waals surface area contributed by atoms with Gasteiger partial charge in [0.2, 0.25) is 0 Å². The normalized spacial score (nSPS) is 10.8. The molecule has 1 aromatic heterocycles. The van der Waals surface area contributed by atoms with E-state index in [-0.39, 0.29) is 0 Å². The van der Waals surface area contributed by atoms with Crippen LogP contribution in [0.1, 0.15) is 36.4 Å². The summed E-state index contributed by atoms with van der Waals surface area (Å²) in [5, 5.41) is 5.25. The lowest BCUT2D eigenvalue weighted by Gasteiger charge is -2.12. The van der Waals surface area contributed by atoms with Crippen molar-refractivity contribution in [3.05, 3.63) is 45.7 Å². The van der Waals surface area contributed by atoms with Crippen molar-refractivity contribution in [2.75, 3.05) is 0 Å². The highest BCUT2D eigenvalue weighted by Crippen LogP contribution is 2.26. The molecule has 0 spiro atoms. The SMILES string of the molecule is CCc1nn(CC)c(COc2c(C)cccc2C)c1Cl. The summed E-state index contributed by atoms with van der Waals surface area (Å²) in [5.41, 5.74) is 4.17. The fourth-order valence-electron chi connectivity index (χ4n) is 2.32. The topological polar surface area (TPSA) is 27.1 Å². The highest BCUT2D eigenvalue weighted by molar-refractivity contribution is 6.31. The zero-order valence-corrected chi connectivity index (χ0v) is 13.3. The molecule has 0 saturated carbocycles. The van der Waals surface area contributed by atoms with Gasteiger partial charge in [-0.05, 0) is 38.3 Å². The summed E-state index contributed by atoms with van der Waals surface area (Å²) in [6.45, 7) is 9.48. The van der Waals surface area contributed by atoms with Crippen molar-refractivity contribution in [3.8, 4) is 5.75 Å². The molecule has 4 heteroatoms. The second kappa shape index (κ2) is 6.31. The molecule has 0 aliphatic heterocycles. The molecule has 1 heterocycles. The molecule has 0 amide bonds. The minimum atomic E-state index is 0.450. The van der Waals surface area contributed by atoms with Gasteiger partial charge in [0.1, 0.15) is 12.4 Å². The van der Waals surface area contributed by atoms with Crippen LogP contribution in [-0.4, -0.2) is 9.78 Å². The summed E-state index contributed by atoms with van der Waals surface area (Å²) in [7, 11) is 0. The lowest BCUT2D eigenvalue weighted by atomic mass is 10.1. The van der Waals surface area contributed by atoms with E-state index in [0.29, 0.717) is 6.61 Å². The third-order valence-electron chi connectivity index (χ3n) is 3.46. The van der Waals surface area contributed by atoms with Crippen molar-refractivity contribution in [2.45, 2.75) is 47.3 Å². The lowest BCUT2D eigenvalue weighted by Crippen LogP contribution is -2.07. The van der Waals surface area contributed by atoms with Crippen LogP contribution < -0.4 is 4.74 Å². The Morgan fingerprint density at radius 2 is 1.85 bits per heavy atom. The van der Waals surface area contributed by atoms with Crippen LogP contribution in [0, 0.1) is 13.8 Å². The quantitative estimate of drug-likeness (QED) is 0.821. The number of ether oxygens (including phenoxy) is 1. The van der Waals surface area contributed by atoms with Gasteiger partial charge in [-0.2, -0.15) is 5.10 Å². The molecule has 0 bridgehead atoms. The van der Waals surface area contributed by atoms with E-state index < -0.39 is 0 Å². The van der Waals surface area contributed by atoms with E-state index in [2.05, 4.69) is 44.9 Å². The molecule has 0 saturated heterocycles. The summed E-state index contributed by atoms with van der Waals surface area (Å²) in [5.74, 6) is 0.936. The predicted molar refractivity (Wildman–Crippen MR) is 82.5 cm³/mol. The first-order valence-electron chi connectivity index (χ1n) is 7.01. The number of para-hydroxylation sites is 1. The summed E-state index contributed by atoms with van der Waals surface area (Å²) < 4.78 is 7.91. The molecular weight excluding hydrogens is 272 g/mol. The number of hydrogen-bond acceptors (Lipinski definition) is 2. The predicted octanol–water partition coefficient (Wildman–Crippen LogP) is 4.31. The van der Waals surface area contributed by atoms with Crippen molar-refractivity contribution < 1.29 is 4.74 Å². The van der Waals surface area contributed by atoms with Crippen LogP contribution in [0.3, 0.4) is 0 Å². The van der Waals surface area contributed by atoms with E-state index in [1.165, 1.54) is 0 Å². The van der Waals surface area contributed by atoms with Gasteiger partial charge in [-0.15, -0.1) is 0 Å². The largest absolute Gasteiger partial charge is 0.487 e. The number of nitrogens with zero attached hydrogens (tertiary/aromatic N) is 2. The van der Waals surface area contributed by atoms with Gasteiger partial charge in [-0.25, -0.2) is 0 Å². The minimum absolute atomic E-state index is 0.450. The average molecular weight is 293 g/mol. The van der Waals surface area contributed by atoms with Crippen molar-refractivity contribution >= 4 is 11.6 Å². The fraction of sp³-hybridized carbons (Fsp3) is 0.438. The van der Waals surface area contributed by atoms with Gasteiger partial charge in [0.15, 0.2) is 0 Å². The van der Waals surface area contributed by atoms with Gasteiger partial charge in [-0.3, -0.25) is 4.68 Å². The fourth-order valence-corrected chi connectivity index (χ4v) is 2.65. The second-order valence-electron chi connectivity index (χ2n) is 4.89. The van der Waals surface area contributed by atoms with Crippen LogP contribution in [0.5, 0.6) is 5.75 Å². The number of benzene rings is 1. The zero-order chi connectivity index (χ0) is 14.7. The Labute approximate surface area is 125 Å². The number of halogens is 1. The first kappa shape index (κ1) is 14.9. The third-order valence-corrected chi connectivity index (χ3v) is 3.89. The minimum Gasteiger partial charge on any atom is -0.487 e. The molecule has 0 atom stereocenters. The van der Waals surface area contributed by atoms with E-state index in [1.54, 1.807) is 0 Å². The van der Waals surface area contributed by atoms with E-state index in [4.69, 9.17) is 16.3 Å². The Bertz CT molecular complexity index is 585. The van der Waals surface area contributed by atoms with Crippen LogP contribution in [0.15, 0.2) is 18.2 Å². The van der Waals surface area contributed by atoms with Crippen molar-refractivity contribution in [1.82, 2.24) is 9.78 Å². The van der Waals surface area contributed by atoms with Crippen molar-refractivity contribution in [2.24, 2.45) is 0 Å². The number of rotatable bonds is 5. The van der Waals surface area contributed by atoms with Crippen LogP contribution in [0.4, 0.5) is 0 Å². The highest BCUT2D eigenvalue weighted by Gasteiger charge is 2.15. The highest BCUT2D eigenvalue weighted by atomic mass is 35.5. The number of aryl methyl sites for hydroxylation is 4. The summed E-state index contributed by atoms with van der Waals surface area (Å²) in [4.78, 5) is 0. The molecule has 0 aliphatic rings. The summed E-state index contributed by atoms with van der Waals surface area (Å²) in [6, 6.07) is 6.15. The second-order valence-corrected chi connectivity index (χ2v) is 5.26. The molecule has 0 radical (unpaired) electrons. The summed E-state index contributed by atoms with van der Waals surface area (Å²) >= 11 is 6.39. The molecule has 2 aromatic rings. The van der Waals surface area contributed by atoms with Crippen LogP contribution in [-0.2, 0) is 19.6 Å². The molecule has 3 nitrogen and oxygen atoms in total. The lowest BCUT2D eigenvalue weighted by molar-refractivity contribution is 0.288. The Kier molecular flexibility index (Phi) is 4.71. The van der Waals surface area contributed by atoms with Gasteiger partial charge in [-0.1, -0.05) is 36.7 Å². The Morgan fingerprint density at radius 3 is 2.40 bits per heavy atom. The standard InChI is InChI=1S/C16H21ClN2O/c1-5-13-15(17)14(19(6-2)18-13)10-20-16-11(3)8-7-9-12(16)4/h7-9H,5-6,10H2,1-4H3. The van der Waals surface area contributed by atoms with Crippen LogP contribution >= 0.6 is 11.6 Å². The first-order valence-corrected chi connectivity index (χ1v) is 7.39. The van der Waals surface area contributed by atoms with Gasteiger partial charge < -0.3 is 4.74 Å². The van der Waals surface area contributed by atoms with E-state index in [9.17, 15) is 0 Å². The van der Waals surface area contributed by atoms with Gasteiger partial charge in [0.05, 0.1) is 16.4 Å². The molecule has 0 aliphatic carbocycles. The van der Waals surface area contributed by atoms with Crippen molar-refractivity contribution in [1.29, 1.82) is 0 Å². The van der Waals surface area contributed by atoms with Crippen LogP contribution in [0.2, 0.25) is 5.02 Å². The third kappa shape index (κ3) is 2.83. The summed E-state index contributed by atoms with van der Waals surface area (Å²) in [6.07, 6.45) is 0.836. The Balaban J connectivity index is 2.25. The van der Waals surface area contributed by atoms with E-state index >= 15 is 0 Å². The van der Waals surface area contributed by atoms with E-state index in [1.807, 2.05) is 10.7 Å². The monoisotopic (exact) mass is 292 g/mol. The first-order chi connectivity index (χ1) is 9.58. The van der Waals surface area contributed by atoms with E-state index in [0.717, 1.165) is 46.3 Å². The van der Waals surface area contributed by atoms with Gasteiger partial charge in [0, 0.05) is 6.54 Å². The molecule has 1 aromatic carbocycles. The maximum Gasteiger partial charge on any atom is 0.131 e. The van der Waals surface area contributed by atoms with Crippen LogP contribution in [0.25, 0.3) is 0 Å². The molecule has 2 rings (SSSR count). The molecule has 108 valence electrons.